The number of carbonyl (C=O) groups is 1. The van der Waals surface area contributed by atoms with Crippen molar-refractivity contribution in [1.82, 2.24) is 10.3 Å². The van der Waals surface area contributed by atoms with Gasteiger partial charge in [-0.25, -0.2) is 0 Å². The fourth-order valence-corrected chi connectivity index (χ4v) is 3.30. The lowest BCUT2D eigenvalue weighted by molar-refractivity contribution is 0.0929. The van der Waals surface area contributed by atoms with Crippen molar-refractivity contribution in [2.24, 2.45) is 0 Å². The minimum absolute atomic E-state index is 0.0797. The summed E-state index contributed by atoms with van der Waals surface area (Å²) < 4.78 is 0. The molecular weight excluding hydrogens is 379 g/mol. The Morgan fingerprint density at radius 3 is 2.19 bits per heavy atom. The molecule has 0 aliphatic carbocycles. The Morgan fingerprint density at radius 2 is 1.59 bits per heavy atom. The Hall–Kier alpha value is -2.36. The van der Waals surface area contributed by atoms with Crippen LogP contribution in [0.15, 0.2) is 72.9 Å². The van der Waals surface area contributed by atoms with Crippen molar-refractivity contribution in [2.75, 3.05) is 0 Å². The third kappa shape index (κ3) is 5.31. The summed E-state index contributed by atoms with van der Waals surface area (Å²) in [6.07, 6.45) is 2.38. The monoisotopic (exact) mass is 398 g/mol. The molecule has 1 amide bonds. The Labute approximate surface area is 169 Å². The second-order valence-corrected chi connectivity index (χ2v) is 7.34. The Balaban J connectivity index is 1.82. The third-order valence-electron chi connectivity index (χ3n) is 4.53. The molecule has 0 aliphatic heterocycles. The van der Waals surface area contributed by atoms with Gasteiger partial charge in [-0.2, -0.15) is 0 Å². The maximum atomic E-state index is 12.5. The molecule has 1 N–H and O–H groups in total. The van der Waals surface area contributed by atoms with E-state index in [1.807, 2.05) is 55.5 Å². The van der Waals surface area contributed by atoms with Crippen molar-refractivity contribution >= 4 is 29.1 Å². The lowest BCUT2D eigenvalue weighted by Crippen LogP contribution is -2.38. The van der Waals surface area contributed by atoms with Crippen LogP contribution in [0, 0.1) is 0 Å². The van der Waals surface area contributed by atoms with Crippen LogP contribution in [0.2, 0.25) is 10.0 Å². The van der Waals surface area contributed by atoms with Crippen LogP contribution in [0.25, 0.3) is 0 Å². The first kappa shape index (κ1) is 19.4. The van der Waals surface area contributed by atoms with Gasteiger partial charge in [0.2, 0.25) is 0 Å². The molecule has 0 spiro atoms. The van der Waals surface area contributed by atoms with Gasteiger partial charge in [-0.1, -0.05) is 53.5 Å². The van der Waals surface area contributed by atoms with Crippen molar-refractivity contribution in [3.63, 3.8) is 0 Å². The van der Waals surface area contributed by atoms with Crippen LogP contribution in [-0.4, -0.2) is 16.9 Å². The molecular formula is C22H20Cl2N2O. The Morgan fingerprint density at radius 1 is 0.963 bits per heavy atom. The van der Waals surface area contributed by atoms with E-state index in [9.17, 15) is 4.79 Å². The molecule has 0 bridgehead atoms. The Kier molecular flexibility index (Phi) is 6.49. The van der Waals surface area contributed by atoms with Crippen LogP contribution in [0.3, 0.4) is 0 Å². The quantitative estimate of drug-likeness (QED) is 0.592. The number of hydrogen-bond acceptors (Lipinski definition) is 2. The van der Waals surface area contributed by atoms with Crippen LogP contribution in [0.1, 0.15) is 34.5 Å². The highest BCUT2D eigenvalue weighted by Crippen LogP contribution is 2.27. The lowest BCUT2D eigenvalue weighted by atomic mass is 9.86. The molecule has 0 fully saturated rings. The molecule has 1 aromatic heterocycles. The van der Waals surface area contributed by atoms with Crippen LogP contribution < -0.4 is 5.32 Å². The van der Waals surface area contributed by atoms with Gasteiger partial charge in [0.25, 0.3) is 5.91 Å². The summed E-state index contributed by atoms with van der Waals surface area (Å²) in [7, 11) is 0. The van der Waals surface area contributed by atoms with Gasteiger partial charge in [-0.05, 0) is 60.9 Å². The zero-order chi connectivity index (χ0) is 19.2. The predicted molar refractivity (Wildman–Crippen MR) is 111 cm³/mol. The topological polar surface area (TPSA) is 42.0 Å². The van der Waals surface area contributed by atoms with E-state index in [0.717, 1.165) is 17.5 Å². The molecule has 138 valence electrons. The number of pyridine rings is 1. The number of nitrogens with one attached hydrogen (secondary N) is 1. The Bertz CT molecular complexity index is 880. The summed E-state index contributed by atoms with van der Waals surface area (Å²) in [6.45, 7) is 2.01. The lowest BCUT2D eigenvalue weighted by Gasteiger charge is -2.26. The fraction of sp³-hybridized carbons (Fsp3) is 0.182. The predicted octanol–water partition coefficient (Wildman–Crippen LogP) is 5.53. The molecule has 3 rings (SSSR count). The number of aromatic nitrogens is 1. The molecule has 1 heterocycles. The highest BCUT2D eigenvalue weighted by Gasteiger charge is 2.22. The maximum absolute atomic E-state index is 12.5. The normalized spacial score (nSPS) is 13.0. The van der Waals surface area contributed by atoms with Gasteiger partial charge in [0.1, 0.15) is 5.69 Å². The largest absolute Gasteiger partial charge is 0.348 e. The highest BCUT2D eigenvalue weighted by atomic mass is 35.5. The van der Waals surface area contributed by atoms with Gasteiger partial charge in [0, 0.05) is 28.2 Å². The molecule has 3 nitrogen and oxygen atoms in total. The van der Waals surface area contributed by atoms with Crippen LogP contribution in [-0.2, 0) is 6.42 Å². The van der Waals surface area contributed by atoms with Gasteiger partial charge < -0.3 is 5.32 Å². The summed E-state index contributed by atoms with van der Waals surface area (Å²) in [5.41, 5.74) is 2.67. The third-order valence-corrected chi connectivity index (χ3v) is 5.03. The molecule has 0 aliphatic rings. The van der Waals surface area contributed by atoms with E-state index in [-0.39, 0.29) is 17.9 Å². The molecule has 2 atom stereocenters. The average molecular weight is 399 g/mol. The van der Waals surface area contributed by atoms with E-state index in [4.69, 9.17) is 23.2 Å². The first-order valence-corrected chi connectivity index (χ1v) is 9.50. The second-order valence-electron chi connectivity index (χ2n) is 6.47. The zero-order valence-corrected chi connectivity index (χ0v) is 16.4. The van der Waals surface area contributed by atoms with Crippen molar-refractivity contribution in [3.8, 4) is 0 Å². The molecule has 5 heteroatoms. The van der Waals surface area contributed by atoms with Gasteiger partial charge in [0.05, 0.1) is 0 Å². The average Bonchev–Trinajstić information content (AvgIpc) is 2.69. The number of amides is 1. The first-order valence-electron chi connectivity index (χ1n) is 8.75. The van der Waals surface area contributed by atoms with Gasteiger partial charge in [0.15, 0.2) is 0 Å². The van der Waals surface area contributed by atoms with Crippen LogP contribution >= 0.6 is 23.2 Å². The molecule has 0 saturated heterocycles. The second kappa shape index (κ2) is 9.03. The van der Waals surface area contributed by atoms with E-state index >= 15 is 0 Å². The summed E-state index contributed by atoms with van der Waals surface area (Å²) in [4.78, 5) is 16.7. The summed E-state index contributed by atoms with van der Waals surface area (Å²) in [5.74, 6) is -0.103. The first-order chi connectivity index (χ1) is 13.0. The van der Waals surface area contributed by atoms with E-state index in [2.05, 4.69) is 10.3 Å². The summed E-state index contributed by atoms with van der Waals surface area (Å²) >= 11 is 12.0. The smallest absolute Gasteiger partial charge is 0.270 e. The van der Waals surface area contributed by atoms with Crippen molar-refractivity contribution in [2.45, 2.75) is 25.3 Å². The van der Waals surface area contributed by atoms with E-state index < -0.39 is 0 Å². The van der Waals surface area contributed by atoms with Gasteiger partial charge in [-0.3, -0.25) is 9.78 Å². The van der Waals surface area contributed by atoms with E-state index in [0.29, 0.717) is 15.7 Å². The number of rotatable bonds is 6. The van der Waals surface area contributed by atoms with Crippen molar-refractivity contribution in [1.29, 1.82) is 0 Å². The van der Waals surface area contributed by atoms with E-state index in [1.165, 1.54) is 0 Å². The standard InChI is InChI=1S/C22H20Cl2N2O/c1-15(26-22(27)21-4-2-3-13-25-21)20(17-7-11-19(24)12-8-17)14-16-5-9-18(23)10-6-16/h2-13,15,20H,14H2,1H3,(H,26,27)/t15-,20+/m1/s1. The highest BCUT2D eigenvalue weighted by molar-refractivity contribution is 6.30. The molecule has 27 heavy (non-hydrogen) atoms. The number of halogens is 2. The molecule has 3 aromatic rings. The SMILES string of the molecule is C[C@@H](NC(=O)c1ccccn1)[C@H](Cc1ccc(Cl)cc1)c1ccc(Cl)cc1. The van der Waals surface area contributed by atoms with Gasteiger partial charge >= 0.3 is 0 Å². The number of carbonyl (C=O) groups excluding carboxylic acids is 1. The molecule has 0 unspecified atom stereocenters. The summed E-state index contributed by atoms with van der Waals surface area (Å²) in [5, 5.41) is 4.48. The fourth-order valence-electron chi connectivity index (χ4n) is 3.05. The minimum Gasteiger partial charge on any atom is -0.348 e. The molecule has 2 aromatic carbocycles. The van der Waals surface area contributed by atoms with Crippen molar-refractivity contribution in [3.05, 3.63) is 99.8 Å². The number of benzene rings is 2. The van der Waals surface area contributed by atoms with Gasteiger partial charge in [-0.15, -0.1) is 0 Å². The van der Waals surface area contributed by atoms with Crippen LogP contribution in [0.4, 0.5) is 0 Å². The molecule has 0 radical (unpaired) electrons. The summed E-state index contributed by atoms with van der Waals surface area (Å²) in [6, 6.07) is 20.7. The number of nitrogens with zero attached hydrogens (tertiary/aromatic N) is 1. The molecule has 0 saturated carbocycles. The maximum Gasteiger partial charge on any atom is 0.270 e. The van der Waals surface area contributed by atoms with Crippen molar-refractivity contribution < 1.29 is 4.79 Å². The van der Waals surface area contributed by atoms with E-state index in [1.54, 1.807) is 24.4 Å². The minimum atomic E-state index is -0.182. The zero-order valence-electron chi connectivity index (χ0n) is 14.9. The van der Waals surface area contributed by atoms with Crippen LogP contribution in [0.5, 0.6) is 0 Å². The number of hydrogen-bond donors (Lipinski definition) is 1.